The minimum absolute atomic E-state index is 0.0113. The van der Waals surface area contributed by atoms with Gasteiger partial charge in [0.15, 0.2) is 0 Å². The molecule has 1 aromatic rings. The van der Waals surface area contributed by atoms with Gasteiger partial charge in [-0.1, -0.05) is 0 Å². The van der Waals surface area contributed by atoms with Crippen LogP contribution in [0.1, 0.15) is 38.2 Å². The van der Waals surface area contributed by atoms with Crippen LogP contribution in [0.5, 0.6) is 0 Å². The van der Waals surface area contributed by atoms with Crippen LogP contribution in [0.25, 0.3) is 0 Å². The Hall–Kier alpha value is -1.97. The van der Waals surface area contributed by atoms with E-state index in [2.05, 4.69) is 10.3 Å². The number of anilines is 1. The van der Waals surface area contributed by atoms with Gasteiger partial charge in [0.25, 0.3) is 0 Å². The summed E-state index contributed by atoms with van der Waals surface area (Å²) in [7, 11) is 0. The average molecular weight is 428 g/mol. The molecule has 4 rings (SSSR count). The second kappa shape index (κ2) is 7.37. The van der Waals surface area contributed by atoms with Gasteiger partial charge in [0.1, 0.15) is 11.9 Å². The van der Waals surface area contributed by atoms with Crippen LogP contribution in [-0.2, 0) is 15.8 Å². The van der Waals surface area contributed by atoms with Crippen LogP contribution < -0.4 is 10.2 Å². The topological polar surface area (TPSA) is 65.5 Å². The molecule has 6 nitrogen and oxygen atoms in total. The van der Waals surface area contributed by atoms with Gasteiger partial charge in [-0.2, -0.15) is 13.2 Å². The molecule has 3 saturated heterocycles. The van der Waals surface area contributed by atoms with Crippen molar-refractivity contribution in [2.24, 2.45) is 0 Å². The van der Waals surface area contributed by atoms with Crippen molar-refractivity contribution in [1.29, 1.82) is 0 Å². The summed E-state index contributed by atoms with van der Waals surface area (Å²) in [6.07, 6.45) is -0.914. The number of rotatable bonds is 3. The molecule has 2 atom stereocenters. The van der Waals surface area contributed by atoms with Gasteiger partial charge >= 0.3 is 6.18 Å². The minimum Gasteiger partial charge on any atom is -0.356 e. The third-order valence-corrected chi connectivity index (χ3v) is 7.49. The number of nitrogens with zero attached hydrogens (tertiary/aromatic N) is 3. The molecule has 10 heteroatoms. The van der Waals surface area contributed by atoms with E-state index in [0.717, 1.165) is 18.7 Å². The van der Waals surface area contributed by atoms with Crippen LogP contribution in [0.2, 0.25) is 0 Å². The summed E-state index contributed by atoms with van der Waals surface area (Å²) in [6, 6.07) is 1.99. The number of pyridine rings is 1. The molecule has 3 fully saturated rings. The van der Waals surface area contributed by atoms with Gasteiger partial charge < -0.3 is 15.1 Å². The van der Waals surface area contributed by atoms with Crippen molar-refractivity contribution in [2.75, 3.05) is 23.7 Å². The Balaban J connectivity index is 1.31. The molecule has 0 unspecified atom stereocenters. The summed E-state index contributed by atoms with van der Waals surface area (Å²) in [5, 5.41) is 3.07. The van der Waals surface area contributed by atoms with Crippen LogP contribution in [0.4, 0.5) is 19.0 Å². The number of hydrogen-bond donors (Lipinski definition) is 1. The normalized spacial score (nSPS) is 28.0. The lowest BCUT2D eigenvalue weighted by molar-refractivity contribution is -0.138. The van der Waals surface area contributed by atoms with E-state index < -0.39 is 17.8 Å². The second-order valence-electron chi connectivity index (χ2n) is 7.94. The molecule has 0 spiro atoms. The van der Waals surface area contributed by atoms with Crippen LogP contribution in [0.15, 0.2) is 18.3 Å². The van der Waals surface area contributed by atoms with Crippen LogP contribution in [0.3, 0.4) is 0 Å². The number of aromatic nitrogens is 1. The number of carbonyl (C=O) groups excluding carboxylic acids is 2. The average Bonchev–Trinajstić information content (AvgIpc) is 3.18. The van der Waals surface area contributed by atoms with E-state index in [1.807, 2.05) is 11.8 Å². The lowest BCUT2D eigenvalue weighted by atomic mass is 10.0. The molecule has 29 heavy (non-hydrogen) atoms. The maximum atomic E-state index is 12.8. The second-order valence-corrected chi connectivity index (χ2v) is 9.44. The number of thioether (sulfide) groups is 1. The Labute approximate surface area is 171 Å². The number of nitrogens with one attached hydrogen (secondary N) is 1. The van der Waals surface area contributed by atoms with E-state index in [0.29, 0.717) is 43.9 Å². The van der Waals surface area contributed by atoms with Crippen molar-refractivity contribution in [2.45, 2.75) is 55.7 Å². The number of hydrogen-bond acceptors (Lipinski definition) is 5. The van der Waals surface area contributed by atoms with Crippen LogP contribution in [-0.4, -0.2) is 57.5 Å². The molecule has 0 radical (unpaired) electrons. The Morgan fingerprint density at radius 3 is 2.66 bits per heavy atom. The van der Waals surface area contributed by atoms with Gasteiger partial charge in [0.2, 0.25) is 11.8 Å². The number of carbonyl (C=O) groups is 2. The van der Waals surface area contributed by atoms with Crippen LogP contribution in [0, 0.1) is 0 Å². The Bertz CT molecular complexity index is 796. The minimum atomic E-state index is -4.39. The molecule has 1 aromatic heterocycles. The zero-order valence-corrected chi connectivity index (χ0v) is 16.9. The highest BCUT2D eigenvalue weighted by molar-refractivity contribution is 8.01. The third kappa shape index (κ3) is 3.91. The third-order valence-electron chi connectivity index (χ3n) is 5.99. The van der Waals surface area contributed by atoms with E-state index >= 15 is 0 Å². The first-order valence-electron chi connectivity index (χ1n) is 9.72. The molecule has 158 valence electrons. The maximum Gasteiger partial charge on any atom is 0.417 e. The fourth-order valence-corrected chi connectivity index (χ4v) is 5.74. The predicted octanol–water partition coefficient (Wildman–Crippen LogP) is 2.64. The van der Waals surface area contributed by atoms with Gasteiger partial charge in [0, 0.05) is 37.5 Å². The summed E-state index contributed by atoms with van der Waals surface area (Å²) in [5.74, 6) is 1.05. The van der Waals surface area contributed by atoms with E-state index in [4.69, 9.17) is 0 Å². The first-order chi connectivity index (χ1) is 13.7. The predicted molar refractivity (Wildman–Crippen MR) is 103 cm³/mol. The first kappa shape index (κ1) is 20.3. The summed E-state index contributed by atoms with van der Waals surface area (Å²) in [6.45, 7) is 3.22. The van der Waals surface area contributed by atoms with E-state index in [1.54, 1.807) is 16.7 Å². The number of piperidine rings is 1. The quantitative estimate of drug-likeness (QED) is 0.802. The molecular formula is C19H23F3N4O2S. The molecule has 2 amide bonds. The standard InChI is InChI=1S/C19H23F3N4O2S/c1-18-7-4-16(27)26(18)14(11-29-18)17(28)24-13-5-8-25(9-6-13)15-3-2-12(10-23-15)19(20,21)22/h2-3,10,13-14H,4-9,11H2,1H3,(H,24,28)/t14-,18-/m0/s1. The highest BCUT2D eigenvalue weighted by atomic mass is 32.2. The summed E-state index contributed by atoms with van der Waals surface area (Å²) in [4.78, 5) is 32.3. The van der Waals surface area contributed by atoms with Crippen molar-refractivity contribution in [3.63, 3.8) is 0 Å². The Morgan fingerprint density at radius 2 is 2.03 bits per heavy atom. The van der Waals surface area contributed by atoms with E-state index in [9.17, 15) is 22.8 Å². The van der Waals surface area contributed by atoms with Crippen molar-refractivity contribution in [1.82, 2.24) is 15.2 Å². The van der Waals surface area contributed by atoms with Gasteiger partial charge in [-0.15, -0.1) is 11.8 Å². The monoisotopic (exact) mass is 428 g/mol. The largest absolute Gasteiger partial charge is 0.417 e. The molecular weight excluding hydrogens is 405 g/mol. The van der Waals surface area contributed by atoms with Crippen molar-refractivity contribution in [3.8, 4) is 0 Å². The molecule has 0 aliphatic carbocycles. The number of halogens is 3. The van der Waals surface area contributed by atoms with Gasteiger partial charge in [0.05, 0.1) is 10.4 Å². The summed E-state index contributed by atoms with van der Waals surface area (Å²) >= 11 is 1.67. The Kier molecular flexibility index (Phi) is 5.16. The number of amides is 2. The molecule has 1 N–H and O–H groups in total. The number of alkyl halides is 3. The fraction of sp³-hybridized carbons (Fsp3) is 0.632. The summed E-state index contributed by atoms with van der Waals surface area (Å²) < 4.78 is 38.0. The first-order valence-corrected chi connectivity index (χ1v) is 10.7. The van der Waals surface area contributed by atoms with Gasteiger partial charge in [-0.05, 0) is 38.3 Å². The lowest BCUT2D eigenvalue weighted by Crippen LogP contribution is -2.53. The van der Waals surface area contributed by atoms with Gasteiger partial charge in [-0.3, -0.25) is 9.59 Å². The highest BCUT2D eigenvalue weighted by Crippen LogP contribution is 2.47. The molecule has 3 aliphatic rings. The SMILES string of the molecule is C[C@]12CCC(=O)N1[C@H](C(=O)NC1CCN(c3ccc(C(F)(F)F)cn3)CC1)CS2. The number of fused-ring (bicyclic) bond motifs is 1. The summed E-state index contributed by atoms with van der Waals surface area (Å²) in [5.41, 5.74) is -0.763. The lowest BCUT2D eigenvalue weighted by Gasteiger charge is -2.35. The molecule has 3 aliphatic heterocycles. The van der Waals surface area contributed by atoms with Crippen molar-refractivity contribution < 1.29 is 22.8 Å². The molecule has 0 bridgehead atoms. The molecule has 4 heterocycles. The fourth-order valence-electron chi connectivity index (χ4n) is 4.31. The Morgan fingerprint density at radius 1 is 1.31 bits per heavy atom. The van der Waals surface area contributed by atoms with Crippen molar-refractivity contribution >= 4 is 29.4 Å². The van der Waals surface area contributed by atoms with Gasteiger partial charge in [-0.25, -0.2) is 4.98 Å². The highest BCUT2D eigenvalue weighted by Gasteiger charge is 2.53. The maximum absolute atomic E-state index is 12.8. The zero-order valence-electron chi connectivity index (χ0n) is 16.0. The van der Waals surface area contributed by atoms with Crippen molar-refractivity contribution in [3.05, 3.63) is 23.9 Å². The van der Waals surface area contributed by atoms with E-state index in [-0.39, 0.29) is 22.7 Å². The van der Waals surface area contributed by atoms with E-state index in [1.165, 1.54) is 6.07 Å². The van der Waals surface area contributed by atoms with Crippen LogP contribution >= 0.6 is 11.8 Å². The molecule has 0 saturated carbocycles. The smallest absolute Gasteiger partial charge is 0.356 e. The molecule has 0 aromatic carbocycles. The zero-order chi connectivity index (χ0) is 20.8.